The zero-order valence-electron chi connectivity index (χ0n) is 12.1. The fourth-order valence-corrected chi connectivity index (χ4v) is 1.72. The highest BCUT2D eigenvalue weighted by atomic mass is 15.2. The van der Waals surface area contributed by atoms with E-state index in [0.29, 0.717) is 17.7 Å². The third kappa shape index (κ3) is 3.91. The van der Waals surface area contributed by atoms with Gasteiger partial charge in [-0.15, -0.1) is 0 Å². The summed E-state index contributed by atoms with van der Waals surface area (Å²) in [4.78, 5) is 13.3. The molecule has 0 atom stereocenters. The highest BCUT2D eigenvalue weighted by Crippen LogP contribution is 2.17. The molecule has 0 saturated heterocycles. The van der Waals surface area contributed by atoms with E-state index in [2.05, 4.69) is 39.4 Å². The molecule has 0 bridgehead atoms. The Morgan fingerprint density at radius 2 is 1.35 bits per heavy atom. The molecule has 0 saturated carbocycles. The van der Waals surface area contributed by atoms with E-state index in [1.54, 1.807) is 0 Å². The predicted molar refractivity (Wildman–Crippen MR) is 82.8 cm³/mol. The maximum atomic E-state index is 4.48. The molecule has 0 fully saturated rings. The second-order valence-electron chi connectivity index (χ2n) is 4.53. The van der Waals surface area contributed by atoms with Crippen molar-refractivity contribution >= 4 is 11.9 Å². The molecule has 2 rings (SSSR count). The topological polar surface area (TPSA) is 62.7 Å². The van der Waals surface area contributed by atoms with Crippen LogP contribution in [0.15, 0.2) is 30.3 Å². The first-order valence-electron chi connectivity index (χ1n) is 7.12. The summed E-state index contributed by atoms with van der Waals surface area (Å²) < 4.78 is 0. The van der Waals surface area contributed by atoms with Crippen LogP contribution in [0.4, 0.5) is 11.9 Å². The number of benzene rings is 1. The molecule has 0 unspecified atom stereocenters. The van der Waals surface area contributed by atoms with Crippen LogP contribution in [0.5, 0.6) is 0 Å². The van der Waals surface area contributed by atoms with Gasteiger partial charge in [0, 0.05) is 18.7 Å². The molecule has 1 heterocycles. The fraction of sp³-hybridized carbons (Fsp3) is 0.400. The largest absolute Gasteiger partial charge is 0.354 e. The van der Waals surface area contributed by atoms with Crippen LogP contribution in [-0.2, 0) is 0 Å². The van der Waals surface area contributed by atoms with Gasteiger partial charge in [-0.1, -0.05) is 44.2 Å². The van der Waals surface area contributed by atoms with Crippen LogP contribution in [0, 0.1) is 0 Å². The van der Waals surface area contributed by atoms with Crippen LogP contribution in [0.2, 0.25) is 0 Å². The molecule has 0 radical (unpaired) electrons. The van der Waals surface area contributed by atoms with Gasteiger partial charge >= 0.3 is 0 Å². The van der Waals surface area contributed by atoms with Crippen LogP contribution in [0.1, 0.15) is 26.7 Å². The molecule has 2 aromatic rings. The van der Waals surface area contributed by atoms with Gasteiger partial charge in [-0.25, -0.2) is 0 Å². The quantitative estimate of drug-likeness (QED) is 0.809. The van der Waals surface area contributed by atoms with Crippen molar-refractivity contribution in [3.63, 3.8) is 0 Å². The first-order valence-corrected chi connectivity index (χ1v) is 7.12. The van der Waals surface area contributed by atoms with Crippen LogP contribution in [-0.4, -0.2) is 28.0 Å². The summed E-state index contributed by atoms with van der Waals surface area (Å²) >= 11 is 0. The third-order valence-corrected chi connectivity index (χ3v) is 2.73. The lowest BCUT2D eigenvalue weighted by Gasteiger charge is -2.09. The van der Waals surface area contributed by atoms with Crippen molar-refractivity contribution < 1.29 is 0 Å². The van der Waals surface area contributed by atoms with Crippen LogP contribution in [0.3, 0.4) is 0 Å². The second-order valence-corrected chi connectivity index (χ2v) is 4.53. The number of nitrogens with one attached hydrogen (secondary N) is 2. The number of hydrogen-bond acceptors (Lipinski definition) is 5. The van der Waals surface area contributed by atoms with Crippen molar-refractivity contribution in [3.8, 4) is 11.4 Å². The lowest BCUT2D eigenvalue weighted by Crippen LogP contribution is -2.11. The molecule has 2 N–H and O–H groups in total. The number of hydrogen-bond donors (Lipinski definition) is 2. The van der Waals surface area contributed by atoms with E-state index < -0.39 is 0 Å². The number of nitrogens with zero attached hydrogens (tertiary/aromatic N) is 3. The summed E-state index contributed by atoms with van der Waals surface area (Å²) in [6.45, 7) is 5.93. The van der Waals surface area contributed by atoms with Gasteiger partial charge in [-0.3, -0.25) is 0 Å². The zero-order chi connectivity index (χ0) is 14.2. The third-order valence-electron chi connectivity index (χ3n) is 2.73. The van der Waals surface area contributed by atoms with Crippen molar-refractivity contribution in [1.82, 2.24) is 15.0 Å². The minimum Gasteiger partial charge on any atom is -0.354 e. The van der Waals surface area contributed by atoms with Gasteiger partial charge in [0.15, 0.2) is 5.82 Å². The summed E-state index contributed by atoms with van der Waals surface area (Å²) in [6.07, 6.45) is 2.06. The molecule has 1 aromatic heterocycles. The minimum absolute atomic E-state index is 0.624. The van der Waals surface area contributed by atoms with Crippen molar-refractivity contribution in [2.45, 2.75) is 26.7 Å². The Balaban J connectivity index is 2.29. The van der Waals surface area contributed by atoms with E-state index in [4.69, 9.17) is 0 Å². The molecule has 1 aromatic carbocycles. The Labute approximate surface area is 119 Å². The van der Waals surface area contributed by atoms with Gasteiger partial charge in [-0.05, 0) is 12.8 Å². The molecule has 0 aliphatic carbocycles. The zero-order valence-corrected chi connectivity index (χ0v) is 12.1. The van der Waals surface area contributed by atoms with E-state index in [9.17, 15) is 0 Å². The molecule has 0 amide bonds. The maximum absolute atomic E-state index is 4.48. The minimum atomic E-state index is 0.624. The van der Waals surface area contributed by atoms with Gasteiger partial charge in [0.25, 0.3) is 0 Å². The van der Waals surface area contributed by atoms with Crippen LogP contribution >= 0.6 is 0 Å². The second kappa shape index (κ2) is 7.43. The normalized spacial score (nSPS) is 10.3. The van der Waals surface area contributed by atoms with Gasteiger partial charge < -0.3 is 10.6 Å². The maximum Gasteiger partial charge on any atom is 0.228 e. The fourth-order valence-electron chi connectivity index (χ4n) is 1.72. The Morgan fingerprint density at radius 3 is 1.85 bits per heavy atom. The lowest BCUT2D eigenvalue weighted by molar-refractivity contribution is 0.919. The molecular formula is C15H21N5. The predicted octanol–water partition coefficient (Wildman–Crippen LogP) is 3.18. The summed E-state index contributed by atoms with van der Waals surface area (Å²) in [6, 6.07) is 9.96. The number of aromatic nitrogens is 3. The van der Waals surface area contributed by atoms with Gasteiger partial charge in [-0.2, -0.15) is 15.0 Å². The molecule has 0 aliphatic heterocycles. The summed E-state index contributed by atoms with van der Waals surface area (Å²) in [5, 5.41) is 6.44. The van der Waals surface area contributed by atoms with Gasteiger partial charge in [0.05, 0.1) is 0 Å². The van der Waals surface area contributed by atoms with E-state index in [1.165, 1.54) is 0 Å². The Morgan fingerprint density at radius 1 is 0.800 bits per heavy atom. The molecule has 5 nitrogen and oxygen atoms in total. The van der Waals surface area contributed by atoms with Crippen molar-refractivity contribution in [1.29, 1.82) is 0 Å². The average molecular weight is 271 g/mol. The van der Waals surface area contributed by atoms with E-state index >= 15 is 0 Å². The van der Waals surface area contributed by atoms with E-state index in [0.717, 1.165) is 31.5 Å². The summed E-state index contributed by atoms with van der Waals surface area (Å²) in [7, 11) is 0. The van der Waals surface area contributed by atoms with Crippen LogP contribution < -0.4 is 10.6 Å². The highest BCUT2D eigenvalue weighted by Gasteiger charge is 2.07. The SMILES string of the molecule is CCCNc1nc(NCCC)nc(-c2ccccc2)n1. The lowest BCUT2D eigenvalue weighted by atomic mass is 10.2. The van der Waals surface area contributed by atoms with Crippen LogP contribution in [0.25, 0.3) is 11.4 Å². The monoisotopic (exact) mass is 271 g/mol. The summed E-state index contributed by atoms with van der Waals surface area (Å²) in [5.74, 6) is 1.94. The molecule has 0 aliphatic rings. The average Bonchev–Trinajstić information content (AvgIpc) is 2.51. The summed E-state index contributed by atoms with van der Waals surface area (Å²) in [5.41, 5.74) is 0.994. The molecule has 106 valence electrons. The first-order chi connectivity index (χ1) is 9.83. The van der Waals surface area contributed by atoms with Gasteiger partial charge in [0.1, 0.15) is 0 Å². The van der Waals surface area contributed by atoms with Gasteiger partial charge in [0.2, 0.25) is 11.9 Å². The first kappa shape index (κ1) is 14.2. The molecule has 0 spiro atoms. The van der Waals surface area contributed by atoms with E-state index in [1.807, 2.05) is 30.3 Å². The molecule has 5 heteroatoms. The highest BCUT2D eigenvalue weighted by molar-refractivity contribution is 5.57. The smallest absolute Gasteiger partial charge is 0.228 e. The van der Waals surface area contributed by atoms with Crippen molar-refractivity contribution in [2.75, 3.05) is 23.7 Å². The Hall–Kier alpha value is -2.17. The standard InChI is InChI=1S/C15H21N5/c1-3-10-16-14-18-13(12-8-6-5-7-9-12)19-15(20-14)17-11-4-2/h5-9H,3-4,10-11H2,1-2H3,(H2,16,17,18,19,20). The van der Waals surface area contributed by atoms with E-state index in [-0.39, 0.29) is 0 Å². The van der Waals surface area contributed by atoms with Crippen molar-refractivity contribution in [2.24, 2.45) is 0 Å². The Bertz CT molecular complexity index is 501. The Kier molecular flexibility index (Phi) is 5.29. The van der Waals surface area contributed by atoms with Crippen molar-refractivity contribution in [3.05, 3.63) is 30.3 Å². The number of anilines is 2. The molecular weight excluding hydrogens is 250 g/mol. The molecule has 20 heavy (non-hydrogen) atoms. The number of rotatable bonds is 7.